The van der Waals surface area contributed by atoms with Crippen molar-refractivity contribution >= 4 is 0 Å². The van der Waals surface area contributed by atoms with E-state index in [-0.39, 0.29) is 0 Å². The van der Waals surface area contributed by atoms with Gasteiger partial charge in [-0.2, -0.15) is 0 Å². The molecule has 1 heterocycles. The Morgan fingerprint density at radius 1 is 0.923 bits per heavy atom. The van der Waals surface area contributed by atoms with E-state index in [0.717, 1.165) is 17.9 Å². The Morgan fingerprint density at radius 2 is 1.69 bits per heavy atom. The summed E-state index contributed by atoms with van der Waals surface area (Å²) < 4.78 is 0. The van der Waals surface area contributed by atoms with E-state index < -0.39 is 0 Å². The van der Waals surface area contributed by atoms with E-state index in [1.54, 1.807) is 0 Å². The molecule has 0 aromatic carbocycles. The highest BCUT2D eigenvalue weighted by molar-refractivity contribution is 4.85. The van der Waals surface area contributed by atoms with E-state index in [2.05, 4.69) is 12.2 Å². The van der Waals surface area contributed by atoms with Crippen LogP contribution in [0.4, 0.5) is 0 Å². The molecule has 1 N–H and O–H groups in total. The molecule has 1 nitrogen and oxygen atoms in total. The van der Waals surface area contributed by atoms with Gasteiger partial charge < -0.3 is 5.32 Å². The number of hydrogen-bond donors (Lipinski definition) is 1. The molecule has 3 atom stereocenters. The maximum absolute atomic E-state index is 3.72. The lowest BCUT2D eigenvalue weighted by atomic mass is 9.74. The van der Waals surface area contributed by atoms with Crippen molar-refractivity contribution in [1.29, 1.82) is 0 Å². The number of rotatable bonds is 1. The third-order valence-corrected chi connectivity index (χ3v) is 4.04. The SMILES string of the molecule is CC1CCCCC1C1CCCCN1. The summed E-state index contributed by atoms with van der Waals surface area (Å²) in [6.07, 6.45) is 10.2. The maximum atomic E-state index is 3.72. The fraction of sp³-hybridized carbons (Fsp3) is 1.00. The van der Waals surface area contributed by atoms with Crippen molar-refractivity contribution in [2.75, 3.05) is 6.54 Å². The van der Waals surface area contributed by atoms with Gasteiger partial charge in [-0.1, -0.05) is 32.6 Å². The molecule has 1 heteroatoms. The second-order valence-electron chi connectivity index (χ2n) is 4.98. The molecule has 0 bridgehead atoms. The Morgan fingerprint density at radius 3 is 2.38 bits per heavy atom. The van der Waals surface area contributed by atoms with Gasteiger partial charge >= 0.3 is 0 Å². The third kappa shape index (κ3) is 2.25. The molecule has 76 valence electrons. The minimum Gasteiger partial charge on any atom is -0.314 e. The summed E-state index contributed by atoms with van der Waals surface area (Å²) in [5.74, 6) is 1.97. The molecule has 2 rings (SSSR count). The lowest BCUT2D eigenvalue weighted by Gasteiger charge is -2.38. The first kappa shape index (κ1) is 9.51. The van der Waals surface area contributed by atoms with Gasteiger partial charge in [0.05, 0.1) is 0 Å². The summed E-state index contributed by atoms with van der Waals surface area (Å²) >= 11 is 0. The van der Waals surface area contributed by atoms with Gasteiger partial charge in [-0.3, -0.25) is 0 Å². The van der Waals surface area contributed by atoms with Crippen LogP contribution in [0.1, 0.15) is 51.9 Å². The summed E-state index contributed by atoms with van der Waals surface area (Å²) in [7, 11) is 0. The summed E-state index contributed by atoms with van der Waals surface area (Å²) in [5.41, 5.74) is 0. The van der Waals surface area contributed by atoms with Gasteiger partial charge in [-0.05, 0) is 37.6 Å². The van der Waals surface area contributed by atoms with Crippen LogP contribution in [-0.2, 0) is 0 Å². The Balaban J connectivity index is 1.88. The lowest BCUT2D eigenvalue weighted by molar-refractivity contribution is 0.172. The minimum atomic E-state index is 0.865. The minimum absolute atomic E-state index is 0.865. The van der Waals surface area contributed by atoms with Crippen LogP contribution in [0, 0.1) is 11.8 Å². The second kappa shape index (κ2) is 4.45. The van der Waals surface area contributed by atoms with E-state index >= 15 is 0 Å². The first-order valence-corrected chi connectivity index (χ1v) is 6.11. The molecule has 1 aliphatic carbocycles. The molecule has 0 radical (unpaired) electrons. The van der Waals surface area contributed by atoms with Crippen LogP contribution in [-0.4, -0.2) is 12.6 Å². The highest BCUT2D eigenvalue weighted by Gasteiger charge is 2.29. The van der Waals surface area contributed by atoms with Gasteiger partial charge in [0.1, 0.15) is 0 Å². The fourth-order valence-electron chi connectivity index (χ4n) is 3.19. The largest absolute Gasteiger partial charge is 0.314 e. The van der Waals surface area contributed by atoms with E-state index in [1.807, 2.05) is 0 Å². The summed E-state index contributed by atoms with van der Waals surface area (Å²) in [4.78, 5) is 0. The normalized spacial score (nSPS) is 41.8. The van der Waals surface area contributed by atoms with E-state index in [4.69, 9.17) is 0 Å². The monoisotopic (exact) mass is 181 g/mol. The summed E-state index contributed by atoms with van der Waals surface area (Å²) in [6, 6.07) is 0.865. The Bertz CT molecular complexity index is 149. The summed E-state index contributed by atoms with van der Waals surface area (Å²) in [6.45, 7) is 3.73. The number of hydrogen-bond acceptors (Lipinski definition) is 1. The molecule has 2 aliphatic rings. The zero-order chi connectivity index (χ0) is 9.10. The van der Waals surface area contributed by atoms with Crippen molar-refractivity contribution in [3.05, 3.63) is 0 Å². The van der Waals surface area contributed by atoms with Crippen LogP contribution in [0.5, 0.6) is 0 Å². The Labute approximate surface area is 82.3 Å². The predicted octanol–water partition coefficient (Wildman–Crippen LogP) is 2.95. The molecule has 1 saturated heterocycles. The van der Waals surface area contributed by atoms with Crippen LogP contribution in [0.2, 0.25) is 0 Å². The van der Waals surface area contributed by atoms with Crippen LogP contribution < -0.4 is 5.32 Å². The molecule has 0 aromatic heterocycles. The van der Waals surface area contributed by atoms with Crippen molar-refractivity contribution in [3.63, 3.8) is 0 Å². The quantitative estimate of drug-likeness (QED) is 0.656. The Hall–Kier alpha value is -0.0400. The van der Waals surface area contributed by atoms with E-state index in [0.29, 0.717) is 0 Å². The third-order valence-electron chi connectivity index (χ3n) is 4.04. The molecule has 0 amide bonds. The Kier molecular flexibility index (Phi) is 3.26. The van der Waals surface area contributed by atoms with E-state index in [9.17, 15) is 0 Å². The molecule has 1 saturated carbocycles. The first-order valence-electron chi connectivity index (χ1n) is 6.11. The van der Waals surface area contributed by atoms with Gasteiger partial charge in [0.15, 0.2) is 0 Å². The topological polar surface area (TPSA) is 12.0 Å². The van der Waals surface area contributed by atoms with Crippen molar-refractivity contribution in [3.8, 4) is 0 Å². The van der Waals surface area contributed by atoms with Gasteiger partial charge in [0.25, 0.3) is 0 Å². The average Bonchev–Trinajstić information content (AvgIpc) is 2.20. The predicted molar refractivity (Wildman–Crippen MR) is 56.8 cm³/mol. The molecular formula is C12H23N. The molecule has 0 aromatic rings. The van der Waals surface area contributed by atoms with Crippen molar-refractivity contribution in [1.82, 2.24) is 5.32 Å². The van der Waals surface area contributed by atoms with Gasteiger partial charge in [-0.25, -0.2) is 0 Å². The number of nitrogens with one attached hydrogen (secondary N) is 1. The highest BCUT2D eigenvalue weighted by atomic mass is 14.9. The van der Waals surface area contributed by atoms with Crippen molar-refractivity contribution < 1.29 is 0 Å². The smallest absolute Gasteiger partial charge is 0.00978 e. The standard InChI is InChI=1S/C12H23N/c1-10-6-2-3-7-11(10)12-8-4-5-9-13-12/h10-13H,2-9H2,1H3. The van der Waals surface area contributed by atoms with Crippen LogP contribution >= 0.6 is 0 Å². The molecule has 3 unspecified atom stereocenters. The first-order chi connectivity index (χ1) is 6.38. The molecule has 0 spiro atoms. The second-order valence-corrected chi connectivity index (χ2v) is 4.98. The van der Waals surface area contributed by atoms with Gasteiger partial charge in [0.2, 0.25) is 0 Å². The highest BCUT2D eigenvalue weighted by Crippen LogP contribution is 2.34. The molecule has 2 fully saturated rings. The number of piperidine rings is 1. The zero-order valence-electron chi connectivity index (χ0n) is 8.89. The van der Waals surface area contributed by atoms with Gasteiger partial charge in [0, 0.05) is 6.04 Å². The lowest BCUT2D eigenvalue weighted by Crippen LogP contribution is -2.43. The van der Waals surface area contributed by atoms with Crippen LogP contribution in [0.3, 0.4) is 0 Å². The summed E-state index contributed by atoms with van der Waals surface area (Å²) in [5, 5.41) is 3.72. The van der Waals surface area contributed by atoms with Crippen molar-refractivity contribution in [2.45, 2.75) is 57.9 Å². The molecule has 13 heavy (non-hydrogen) atoms. The van der Waals surface area contributed by atoms with Crippen LogP contribution in [0.15, 0.2) is 0 Å². The zero-order valence-corrected chi connectivity index (χ0v) is 8.89. The maximum Gasteiger partial charge on any atom is 0.00978 e. The van der Waals surface area contributed by atoms with Gasteiger partial charge in [-0.15, -0.1) is 0 Å². The fourth-order valence-corrected chi connectivity index (χ4v) is 3.19. The molecule has 1 aliphatic heterocycles. The van der Waals surface area contributed by atoms with E-state index in [1.165, 1.54) is 51.5 Å². The average molecular weight is 181 g/mol. The van der Waals surface area contributed by atoms with Crippen LogP contribution in [0.25, 0.3) is 0 Å². The molecular weight excluding hydrogens is 158 g/mol. The van der Waals surface area contributed by atoms with Crippen molar-refractivity contribution in [2.24, 2.45) is 11.8 Å².